The highest BCUT2D eigenvalue weighted by molar-refractivity contribution is 7.94. The van der Waals surface area contributed by atoms with Gasteiger partial charge in [0.2, 0.25) is 10.0 Å². The van der Waals surface area contributed by atoms with E-state index in [9.17, 15) is 27.1 Å². The standard InChI is InChI=1S/C27H33F2N5O4S/c1-18-12-22(30-23(13-18)34-15-27(28,29)16-34)31-24(36)20-3-2-19(32-39(37,38)26(17-35)6-7-26)14-21(20)33-10-8-25(4-5-25)9-11-33/h2-3,12-14,32,35H,4-11,15-17H2,1H3,(H,30,31,36). The van der Waals surface area contributed by atoms with Crippen LogP contribution < -0.4 is 19.8 Å². The van der Waals surface area contributed by atoms with E-state index in [1.165, 1.54) is 17.7 Å². The molecule has 1 spiro atoms. The SMILES string of the molecule is Cc1cc(NC(=O)c2ccc(NS(=O)(=O)C3(CO)CC3)cc2N2CCC3(CC2)CC3)nc(N2CC(F)(F)C2)c1. The summed E-state index contributed by atoms with van der Waals surface area (Å²) in [7, 11) is -3.80. The van der Waals surface area contributed by atoms with Crippen molar-refractivity contribution in [2.24, 2.45) is 5.41 Å². The van der Waals surface area contributed by atoms with Crippen LogP contribution in [-0.2, 0) is 10.0 Å². The summed E-state index contributed by atoms with van der Waals surface area (Å²) in [5, 5.41) is 12.5. The van der Waals surface area contributed by atoms with Crippen molar-refractivity contribution in [1.29, 1.82) is 0 Å². The van der Waals surface area contributed by atoms with Gasteiger partial charge in [0, 0.05) is 13.1 Å². The molecule has 2 saturated carbocycles. The van der Waals surface area contributed by atoms with Crippen molar-refractivity contribution in [2.45, 2.75) is 56.1 Å². The molecule has 0 atom stereocenters. The predicted molar refractivity (Wildman–Crippen MR) is 145 cm³/mol. The van der Waals surface area contributed by atoms with E-state index in [1.54, 1.807) is 30.3 Å². The second-order valence-electron chi connectivity index (χ2n) is 11.7. The van der Waals surface area contributed by atoms with Gasteiger partial charge in [0.25, 0.3) is 11.8 Å². The van der Waals surface area contributed by atoms with E-state index in [0.29, 0.717) is 41.0 Å². The van der Waals surface area contributed by atoms with Gasteiger partial charge in [0.05, 0.1) is 36.6 Å². The summed E-state index contributed by atoms with van der Waals surface area (Å²) in [6, 6.07) is 8.21. The van der Waals surface area contributed by atoms with Crippen LogP contribution in [0.1, 0.15) is 54.4 Å². The summed E-state index contributed by atoms with van der Waals surface area (Å²) in [4.78, 5) is 21.5. The van der Waals surface area contributed by atoms with Gasteiger partial charge >= 0.3 is 0 Å². The van der Waals surface area contributed by atoms with Gasteiger partial charge in [-0.25, -0.2) is 22.2 Å². The summed E-state index contributed by atoms with van der Waals surface area (Å²) in [5.41, 5.74) is 2.51. The number of sulfonamides is 1. The van der Waals surface area contributed by atoms with Gasteiger partial charge < -0.3 is 20.2 Å². The molecule has 0 bridgehead atoms. The lowest BCUT2D eigenvalue weighted by Crippen LogP contribution is -2.56. The molecule has 3 N–H and O–H groups in total. The number of aromatic nitrogens is 1. The molecule has 6 rings (SSSR count). The van der Waals surface area contributed by atoms with E-state index in [0.717, 1.165) is 31.5 Å². The van der Waals surface area contributed by atoms with Crippen LogP contribution in [0.25, 0.3) is 0 Å². The lowest BCUT2D eigenvalue weighted by molar-refractivity contribution is -0.0267. The molecule has 0 radical (unpaired) electrons. The molecule has 9 nitrogen and oxygen atoms in total. The smallest absolute Gasteiger partial charge is 0.282 e. The number of nitrogens with one attached hydrogen (secondary N) is 2. The normalized spacial score (nSPS) is 22.3. The van der Waals surface area contributed by atoms with Crippen molar-refractivity contribution < 1.29 is 27.1 Å². The Bertz CT molecular complexity index is 1410. The van der Waals surface area contributed by atoms with Crippen molar-refractivity contribution in [1.82, 2.24) is 4.98 Å². The summed E-state index contributed by atoms with van der Waals surface area (Å²) in [6.45, 7) is 2.06. The number of hydrogen-bond acceptors (Lipinski definition) is 7. The van der Waals surface area contributed by atoms with Crippen LogP contribution in [0.2, 0.25) is 0 Å². The molecule has 4 fully saturated rings. The maximum atomic E-state index is 13.5. The number of nitrogens with zero attached hydrogens (tertiary/aromatic N) is 3. The van der Waals surface area contributed by atoms with Gasteiger partial charge in [0.1, 0.15) is 16.4 Å². The second-order valence-corrected chi connectivity index (χ2v) is 13.8. The molecule has 2 saturated heterocycles. The Balaban J connectivity index is 1.26. The van der Waals surface area contributed by atoms with Gasteiger partial charge in [-0.3, -0.25) is 9.52 Å². The van der Waals surface area contributed by atoms with Gasteiger partial charge in [-0.15, -0.1) is 0 Å². The number of piperidine rings is 1. The Kier molecular flexibility index (Phi) is 6.07. The zero-order chi connectivity index (χ0) is 27.6. The van der Waals surface area contributed by atoms with Crippen LogP contribution in [0.5, 0.6) is 0 Å². The van der Waals surface area contributed by atoms with Gasteiger partial charge in [-0.05, 0) is 86.8 Å². The molecule has 1 aromatic carbocycles. The second kappa shape index (κ2) is 9.02. The summed E-state index contributed by atoms with van der Waals surface area (Å²) in [5.74, 6) is -2.52. The fourth-order valence-electron chi connectivity index (χ4n) is 5.59. The van der Waals surface area contributed by atoms with Crippen molar-refractivity contribution >= 4 is 38.9 Å². The number of carbonyl (C=O) groups excluding carboxylic acids is 1. The molecule has 2 aliphatic carbocycles. The number of rotatable bonds is 8. The van der Waals surface area contributed by atoms with Crippen LogP contribution in [0, 0.1) is 12.3 Å². The summed E-state index contributed by atoms with van der Waals surface area (Å²) >= 11 is 0. The highest BCUT2D eigenvalue weighted by atomic mass is 32.2. The largest absolute Gasteiger partial charge is 0.395 e. The minimum absolute atomic E-state index is 0.259. The third-order valence-electron chi connectivity index (χ3n) is 8.65. The number of pyridine rings is 1. The molecule has 4 aliphatic rings. The van der Waals surface area contributed by atoms with E-state index in [-0.39, 0.29) is 5.82 Å². The summed E-state index contributed by atoms with van der Waals surface area (Å²) < 4.78 is 54.1. The molecular formula is C27H33F2N5O4S. The van der Waals surface area contributed by atoms with Crippen molar-refractivity contribution in [3.63, 3.8) is 0 Å². The Hall–Kier alpha value is -2.99. The highest BCUT2D eigenvalue weighted by Crippen LogP contribution is 2.54. The topological polar surface area (TPSA) is 115 Å². The number of aliphatic hydroxyl groups excluding tert-OH is 1. The molecular weight excluding hydrogens is 528 g/mol. The van der Waals surface area contributed by atoms with Gasteiger partial charge in [0.15, 0.2) is 0 Å². The van der Waals surface area contributed by atoms with Crippen LogP contribution in [-0.4, -0.2) is 67.9 Å². The lowest BCUT2D eigenvalue weighted by atomic mass is 9.93. The molecule has 0 unspecified atom stereocenters. The first-order chi connectivity index (χ1) is 18.4. The Labute approximate surface area is 226 Å². The number of hydrogen-bond donors (Lipinski definition) is 3. The zero-order valence-corrected chi connectivity index (χ0v) is 22.7. The number of anilines is 4. The van der Waals surface area contributed by atoms with Crippen LogP contribution >= 0.6 is 0 Å². The predicted octanol–water partition coefficient (Wildman–Crippen LogP) is 3.74. The maximum absolute atomic E-state index is 13.5. The Morgan fingerprint density at radius 3 is 2.31 bits per heavy atom. The molecule has 12 heteroatoms. The van der Waals surface area contributed by atoms with Gasteiger partial charge in [-0.2, -0.15) is 0 Å². The number of aryl methyl sites for hydroxylation is 1. The average molecular weight is 562 g/mol. The van der Waals surface area contributed by atoms with Crippen LogP contribution in [0.3, 0.4) is 0 Å². The lowest BCUT2D eigenvalue weighted by Gasteiger charge is -2.39. The maximum Gasteiger partial charge on any atom is 0.282 e. The van der Waals surface area contributed by atoms with E-state index in [4.69, 9.17) is 0 Å². The number of benzene rings is 1. The minimum Gasteiger partial charge on any atom is -0.395 e. The number of alkyl halides is 2. The summed E-state index contributed by atoms with van der Waals surface area (Å²) in [6.07, 6.45) is 5.28. The highest BCUT2D eigenvalue weighted by Gasteiger charge is 2.54. The molecule has 2 aromatic rings. The molecule has 210 valence electrons. The van der Waals surface area contributed by atoms with Crippen LogP contribution in [0.4, 0.5) is 31.8 Å². The average Bonchev–Trinajstić information content (AvgIpc) is 3.79. The van der Waals surface area contributed by atoms with Crippen molar-refractivity contribution in [2.75, 3.05) is 52.6 Å². The Morgan fingerprint density at radius 2 is 1.72 bits per heavy atom. The van der Waals surface area contributed by atoms with Crippen molar-refractivity contribution in [3.8, 4) is 0 Å². The molecule has 39 heavy (non-hydrogen) atoms. The number of carbonyl (C=O) groups is 1. The van der Waals surface area contributed by atoms with E-state index < -0.39 is 46.3 Å². The molecule has 1 aromatic heterocycles. The number of halogens is 2. The molecule has 2 aliphatic heterocycles. The third-order valence-corrected chi connectivity index (χ3v) is 10.8. The van der Waals surface area contributed by atoms with Crippen LogP contribution in [0.15, 0.2) is 30.3 Å². The first kappa shape index (κ1) is 26.2. The molecule has 1 amide bonds. The number of aliphatic hydroxyl groups is 1. The first-order valence-corrected chi connectivity index (χ1v) is 14.9. The fourth-order valence-corrected chi connectivity index (χ4v) is 7.06. The fraction of sp³-hybridized carbons (Fsp3) is 0.556. The van der Waals surface area contributed by atoms with E-state index >= 15 is 0 Å². The number of amides is 1. The molecule has 3 heterocycles. The third kappa shape index (κ3) is 5.04. The minimum atomic E-state index is -3.80. The zero-order valence-electron chi connectivity index (χ0n) is 21.8. The van der Waals surface area contributed by atoms with E-state index in [2.05, 4.69) is 19.9 Å². The monoisotopic (exact) mass is 561 g/mol. The Morgan fingerprint density at radius 1 is 1.03 bits per heavy atom. The van der Waals surface area contributed by atoms with E-state index in [1.807, 2.05) is 6.92 Å². The van der Waals surface area contributed by atoms with Crippen molar-refractivity contribution in [3.05, 3.63) is 41.5 Å². The quantitative estimate of drug-likeness (QED) is 0.450. The first-order valence-electron chi connectivity index (χ1n) is 13.4. The van der Waals surface area contributed by atoms with Gasteiger partial charge in [-0.1, -0.05) is 0 Å².